The number of carbonyl (C=O) groups is 2. The molecular weight excluding hydrogens is 370 g/mol. The molecule has 0 unspecified atom stereocenters. The third-order valence-electron chi connectivity index (χ3n) is 3.71. The van der Waals surface area contributed by atoms with Crippen LogP contribution in [0.3, 0.4) is 0 Å². The smallest absolute Gasteiger partial charge is 0.293 e. The van der Waals surface area contributed by atoms with Gasteiger partial charge in [-0.15, -0.1) is 0 Å². The fourth-order valence-electron chi connectivity index (χ4n) is 2.40. The molecule has 4 nitrogen and oxygen atoms in total. The molecule has 132 valence electrons. The molecule has 1 aliphatic rings. The van der Waals surface area contributed by atoms with E-state index in [0.717, 1.165) is 22.9 Å². The predicted octanol–water partition coefficient (Wildman–Crippen LogP) is 5.14. The molecule has 2 aromatic carbocycles. The van der Waals surface area contributed by atoms with Crippen molar-refractivity contribution >= 4 is 40.6 Å². The Morgan fingerprint density at radius 2 is 1.85 bits per heavy atom. The Hall–Kier alpha value is -2.50. The number of amides is 2. The third-order valence-corrected chi connectivity index (χ3v) is 4.98. The van der Waals surface area contributed by atoms with E-state index in [0.29, 0.717) is 22.3 Å². The second kappa shape index (κ2) is 8.25. The second-order valence-corrected chi connectivity index (χ2v) is 6.93. The van der Waals surface area contributed by atoms with Gasteiger partial charge in [-0.2, -0.15) is 0 Å². The lowest BCUT2D eigenvalue weighted by Crippen LogP contribution is -2.27. The van der Waals surface area contributed by atoms with Crippen LogP contribution in [0.2, 0.25) is 5.02 Å². The molecule has 2 aromatic rings. The minimum atomic E-state index is -0.313. The van der Waals surface area contributed by atoms with Crippen molar-refractivity contribution < 1.29 is 14.3 Å². The maximum Gasteiger partial charge on any atom is 0.293 e. The number of thioether (sulfide) groups is 1. The standard InChI is InChI=1S/C20H16ClNO3S/c1-2-11-25-16-9-7-14(8-10-16)12-18-19(23)22(20(24)26-18)13-15-5-3-4-6-17(15)21/h2-10,12H,1,11,13H2/b18-12+. The van der Waals surface area contributed by atoms with E-state index in [1.54, 1.807) is 24.3 Å². The van der Waals surface area contributed by atoms with Crippen LogP contribution in [-0.4, -0.2) is 22.7 Å². The molecule has 1 fully saturated rings. The third kappa shape index (κ3) is 4.18. The highest BCUT2D eigenvalue weighted by Crippen LogP contribution is 2.34. The largest absolute Gasteiger partial charge is 0.490 e. The highest BCUT2D eigenvalue weighted by Gasteiger charge is 2.35. The average Bonchev–Trinajstić information content (AvgIpc) is 2.90. The zero-order valence-corrected chi connectivity index (χ0v) is 15.4. The Balaban J connectivity index is 1.74. The van der Waals surface area contributed by atoms with Gasteiger partial charge in [-0.3, -0.25) is 14.5 Å². The molecule has 2 amide bonds. The molecule has 3 rings (SSSR count). The number of imide groups is 1. The lowest BCUT2D eigenvalue weighted by atomic mass is 10.2. The summed E-state index contributed by atoms with van der Waals surface area (Å²) in [5, 5.41) is 0.234. The molecule has 0 atom stereocenters. The summed E-state index contributed by atoms with van der Waals surface area (Å²) in [5.74, 6) is 0.403. The van der Waals surface area contributed by atoms with Gasteiger partial charge in [0.1, 0.15) is 12.4 Å². The number of carbonyl (C=O) groups excluding carboxylic acids is 2. The highest BCUT2D eigenvalue weighted by atomic mass is 35.5. The molecular formula is C20H16ClNO3S. The van der Waals surface area contributed by atoms with Crippen molar-refractivity contribution in [3.8, 4) is 5.75 Å². The molecule has 0 aliphatic carbocycles. The topological polar surface area (TPSA) is 46.6 Å². The van der Waals surface area contributed by atoms with Crippen molar-refractivity contribution in [1.82, 2.24) is 4.90 Å². The van der Waals surface area contributed by atoms with Gasteiger partial charge < -0.3 is 4.74 Å². The second-order valence-electron chi connectivity index (χ2n) is 5.53. The molecule has 0 radical (unpaired) electrons. The van der Waals surface area contributed by atoms with E-state index in [1.807, 2.05) is 36.4 Å². The van der Waals surface area contributed by atoms with E-state index in [1.165, 1.54) is 4.90 Å². The summed E-state index contributed by atoms with van der Waals surface area (Å²) in [5.41, 5.74) is 1.56. The quantitative estimate of drug-likeness (QED) is 0.510. The van der Waals surface area contributed by atoms with Crippen molar-refractivity contribution in [1.29, 1.82) is 0 Å². The number of ether oxygens (including phenoxy) is 1. The van der Waals surface area contributed by atoms with Gasteiger partial charge in [0, 0.05) is 5.02 Å². The van der Waals surface area contributed by atoms with Gasteiger partial charge >= 0.3 is 0 Å². The Morgan fingerprint density at radius 1 is 1.12 bits per heavy atom. The van der Waals surface area contributed by atoms with Gasteiger partial charge in [-0.05, 0) is 47.2 Å². The van der Waals surface area contributed by atoms with E-state index < -0.39 is 0 Å². The lowest BCUT2D eigenvalue weighted by Gasteiger charge is -2.13. The predicted molar refractivity (Wildman–Crippen MR) is 105 cm³/mol. The van der Waals surface area contributed by atoms with Crippen molar-refractivity contribution in [3.05, 3.63) is 82.2 Å². The van der Waals surface area contributed by atoms with Crippen LogP contribution in [0.1, 0.15) is 11.1 Å². The van der Waals surface area contributed by atoms with Crippen LogP contribution in [0.5, 0.6) is 5.75 Å². The molecule has 0 spiro atoms. The van der Waals surface area contributed by atoms with E-state index in [9.17, 15) is 9.59 Å². The number of halogens is 1. The maximum atomic E-state index is 12.6. The van der Waals surface area contributed by atoms with Crippen LogP contribution in [-0.2, 0) is 11.3 Å². The molecule has 1 aliphatic heterocycles. The van der Waals surface area contributed by atoms with Gasteiger partial charge in [0.25, 0.3) is 11.1 Å². The van der Waals surface area contributed by atoms with Gasteiger partial charge in [0.05, 0.1) is 11.4 Å². The zero-order valence-electron chi connectivity index (χ0n) is 13.9. The van der Waals surface area contributed by atoms with Gasteiger partial charge in [0.15, 0.2) is 0 Å². The van der Waals surface area contributed by atoms with Gasteiger partial charge in [0.2, 0.25) is 0 Å². The number of benzene rings is 2. The first-order valence-electron chi connectivity index (χ1n) is 7.91. The summed E-state index contributed by atoms with van der Waals surface area (Å²) in [7, 11) is 0. The van der Waals surface area contributed by atoms with Crippen LogP contribution in [0.4, 0.5) is 4.79 Å². The van der Waals surface area contributed by atoms with Crippen LogP contribution in [0.25, 0.3) is 6.08 Å². The Bertz CT molecular complexity index is 877. The molecule has 1 heterocycles. The molecule has 0 saturated carbocycles. The van der Waals surface area contributed by atoms with Crippen molar-refractivity contribution in [2.75, 3.05) is 6.61 Å². The van der Waals surface area contributed by atoms with Crippen LogP contribution < -0.4 is 4.74 Å². The van der Waals surface area contributed by atoms with E-state index in [-0.39, 0.29) is 17.7 Å². The summed E-state index contributed by atoms with van der Waals surface area (Å²) in [6.07, 6.45) is 3.37. The summed E-state index contributed by atoms with van der Waals surface area (Å²) in [6.45, 7) is 4.19. The first-order valence-corrected chi connectivity index (χ1v) is 9.10. The fourth-order valence-corrected chi connectivity index (χ4v) is 3.43. The van der Waals surface area contributed by atoms with E-state index in [4.69, 9.17) is 16.3 Å². The molecule has 0 N–H and O–H groups in total. The molecule has 6 heteroatoms. The maximum absolute atomic E-state index is 12.6. The Kier molecular flexibility index (Phi) is 5.81. The highest BCUT2D eigenvalue weighted by molar-refractivity contribution is 8.18. The minimum Gasteiger partial charge on any atom is -0.490 e. The first-order chi connectivity index (χ1) is 12.6. The summed E-state index contributed by atoms with van der Waals surface area (Å²) in [6, 6.07) is 14.5. The average molecular weight is 386 g/mol. The van der Waals surface area contributed by atoms with Crippen molar-refractivity contribution in [2.24, 2.45) is 0 Å². The van der Waals surface area contributed by atoms with E-state index >= 15 is 0 Å². The van der Waals surface area contributed by atoms with Crippen molar-refractivity contribution in [3.63, 3.8) is 0 Å². The molecule has 1 saturated heterocycles. The number of hydrogen-bond donors (Lipinski definition) is 0. The Morgan fingerprint density at radius 3 is 2.54 bits per heavy atom. The normalized spacial score (nSPS) is 15.6. The SMILES string of the molecule is C=CCOc1ccc(/C=C2/SC(=O)N(Cc3ccccc3Cl)C2=O)cc1. The van der Waals surface area contributed by atoms with Gasteiger partial charge in [-0.25, -0.2) is 0 Å². The van der Waals surface area contributed by atoms with Crippen LogP contribution in [0, 0.1) is 0 Å². The van der Waals surface area contributed by atoms with Gasteiger partial charge in [-0.1, -0.05) is 54.6 Å². The first kappa shape index (κ1) is 18.3. The van der Waals surface area contributed by atoms with Crippen LogP contribution in [0.15, 0.2) is 66.1 Å². The Labute approximate surface area is 161 Å². The lowest BCUT2D eigenvalue weighted by molar-refractivity contribution is -0.123. The zero-order chi connectivity index (χ0) is 18.5. The van der Waals surface area contributed by atoms with Crippen LogP contribution >= 0.6 is 23.4 Å². The monoisotopic (exact) mass is 385 g/mol. The summed E-state index contributed by atoms with van der Waals surface area (Å²) < 4.78 is 5.43. The molecule has 0 bridgehead atoms. The number of rotatable bonds is 6. The minimum absolute atomic E-state index is 0.163. The molecule has 26 heavy (non-hydrogen) atoms. The number of nitrogens with zero attached hydrogens (tertiary/aromatic N) is 1. The summed E-state index contributed by atoms with van der Waals surface area (Å²) >= 11 is 7.06. The van der Waals surface area contributed by atoms with Crippen molar-refractivity contribution in [2.45, 2.75) is 6.54 Å². The van der Waals surface area contributed by atoms with E-state index in [2.05, 4.69) is 6.58 Å². The fraction of sp³-hybridized carbons (Fsp3) is 0.100. The summed E-state index contributed by atoms with van der Waals surface area (Å²) in [4.78, 5) is 26.4. The molecule has 0 aromatic heterocycles. The number of hydrogen-bond acceptors (Lipinski definition) is 4.